The van der Waals surface area contributed by atoms with Crippen molar-refractivity contribution in [2.75, 3.05) is 23.3 Å². The second-order valence-electron chi connectivity index (χ2n) is 6.70. The second kappa shape index (κ2) is 8.03. The summed E-state index contributed by atoms with van der Waals surface area (Å²) in [4.78, 5) is 38.1. The molecule has 2 N–H and O–H groups in total. The molecule has 2 aromatic carbocycles. The number of benzene rings is 2. The lowest BCUT2D eigenvalue weighted by molar-refractivity contribution is -0.117. The van der Waals surface area contributed by atoms with Gasteiger partial charge in [0, 0.05) is 29.9 Å². The van der Waals surface area contributed by atoms with Gasteiger partial charge in [0.05, 0.1) is 6.54 Å². The van der Waals surface area contributed by atoms with Crippen LogP contribution in [0, 0.1) is 13.8 Å². The number of carbonyl (C=O) groups excluding carboxylic acids is 3. The van der Waals surface area contributed by atoms with Crippen molar-refractivity contribution in [1.82, 2.24) is 5.32 Å². The molecule has 0 spiro atoms. The lowest BCUT2D eigenvalue weighted by atomic mass is 10.1. The Hall–Kier alpha value is -3.15. The maximum atomic E-state index is 12.4. The Balaban J connectivity index is 1.61. The van der Waals surface area contributed by atoms with Gasteiger partial charge in [-0.3, -0.25) is 14.4 Å². The average Bonchev–Trinajstić information content (AvgIpc) is 3.09. The molecule has 0 aromatic heterocycles. The van der Waals surface area contributed by atoms with Crippen LogP contribution in [0.15, 0.2) is 42.5 Å². The molecule has 1 saturated heterocycles. The van der Waals surface area contributed by atoms with Crippen LogP contribution in [0.5, 0.6) is 0 Å². The number of carbonyl (C=O) groups is 3. The molecule has 0 bridgehead atoms. The van der Waals surface area contributed by atoms with Crippen molar-refractivity contribution >= 4 is 29.1 Å². The number of aryl methyl sites for hydroxylation is 2. The summed E-state index contributed by atoms with van der Waals surface area (Å²) < 4.78 is 0. The Labute approximate surface area is 158 Å². The predicted octanol–water partition coefficient (Wildman–Crippen LogP) is 2.80. The minimum Gasteiger partial charge on any atom is -0.343 e. The minimum atomic E-state index is -0.347. The predicted molar refractivity (Wildman–Crippen MR) is 105 cm³/mol. The first-order valence-electron chi connectivity index (χ1n) is 9.00. The molecule has 140 valence electrons. The highest BCUT2D eigenvalue weighted by Crippen LogP contribution is 2.22. The quantitative estimate of drug-likeness (QED) is 0.855. The first-order valence-corrected chi connectivity index (χ1v) is 9.00. The smallest absolute Gasteiger partial charge is 0.251 e. The third kappa shape index (κ3) is 4.34. The highest BCUT2D eigenvalue weighted by molar-refractivity contribution is 6.01. The summed E-state index contributed by atoms with van der Waals surface area (Å²) >= 11 is 0. The number of anilines is 2. The summed E-state index contributed by atoms with van der Waals surface area (Å²) in [5.41, 5.74) is 3.85. The summed E-state index contributed by atoms with van der Waals surface area (Å²) in [6, 6.07) is 12.7. The first kappa shape index (κ1) is 18.6. The largest absolute Gasteiger partial charge is 0.343 e. The topological polar surface area (TPSA) is 78.5 Å². The third-order valence-corrected chi connectivity index (χ3v) is 4.65. The SMILES string of the molecule is Cc1cccc(C)c1NC(=O)CNC(=O)c1cccc(N2CCCC2=O)c1. The van der Waals surface area contributed by atoms with Crippen molar-refractivity contribution in [3.63, 3.8) is 0 Å². The second-order valence-corrected chi connectivity index (χ2v) is 6.70. The van der Waals surface area contributed by atoms with Crippen LogP contribution in [0.2, 0.25) is 0 Å². The minimum absolute atomic E-state index is 0.0699. The molecule has 2 aromatic rings. The van der Waals surface area contributed by atoms with E-state index in [4.69, 9.17) is 0 Å². The molecule has 0 aliphatic carbocycles. The van der Waals surface area contributed by atoms with Crippen LogP contribution in [0.1, 0.15) is 34.3 Å². The van der Waals surface area contributed by atoms with E-state index in [9.17, 15) is 14.4 Å². The fraction of sp³-hybridized carbons (Fsp3) is 0.286. The summed E-state index contributed by atoms with van der Waals surface area (Å²) in [5.74, 6) is -0.563. The molecule has 6 nitrogen and oxygen atoms in total. The van der Waals surface area contributed by atoms with Gasteiger partial charge in [-0.05, 0) is 49.6 Å². The van der Waals surface area contributed by atoms with E-state index in [2.05, 4.69) is 10.6 Å². The van der Waals surface area contributed by atoms with Crippen LogP contribution < -0.4 is 15.5 Å². The Bertz CT molecular complexity index is 872. The van der Waals surface area contributed by atoms with Crippen molar-refractivity contribution < 1.29 is 14.4 Å². The van der Waals surface area contributed by atoms with Gasteiger partial charge >= 0.3 is 0 Å². The van der Waals surface area contributed by atoms with Crippen molar-refractivity contribution in [2.45, 2.75) is 26.7 Å². The summed E-state index contributed by atoms with van der Waals surface area (Å²) in [6.07, 6.45) is 1.36. The lowest BCUT2D eigenvalue weighted by Gasteiger charge is -2.16. The molecule has 27 heavy (non-hydrogen) atoms. The van der Waals surface area contributed by atoms with Gasteiger partial charge in [0.1, 0.15) is 0 Å². The van der Waals surface area contributed by atoms with E-state index >= 15 is 0 Å². The molecule has 0 atom stereocenters. The zero-order valence-electron chi connectivity index (χ0n) is 15.5. The highest BCUT2D eigenvalue weighted by Gasteiger charge is 2.22. The molecule has 6 heteroatoms. The Kier molecular flexibility index (Phi) is 5.54. The average molecular weight is 365 g/mol. The number of amides is 3. The summed E-state index contributed by atoms with van der Waals surface area (Å²) in [6.45, 7) is 4.39. The monoisotopic (exact) mass is 365 g/mol. The highest BCUT2D eigenvalue weighted by atomic mass is 16.2. The Morgan fingerprint density at radius 3 is 2.44 bits per heavy atom. The third-order valence-electron chi connectivity index (χ3n) is 4.65. The zero-order valence-corrected chi connectivity index (χ0v) is 15.5. The maximum Gasteiger partial charge on any atom is 0.251 e. The normalized spacial score (nSPS) is 13.6. The van der Waals surface area contributed by atoms with Crippen LogP contribution in [0.4, 0.5) is 11.4 Å². The fourth-order valence-electron chi connectivity index (χ4n) is 3.19. The van der Waals surface area contributed by atoms with E-state index in [1.165, 1.54) is 0 Å². The van der Waals surface area contributed by atoms with Crippen LogP contribution in [0.3, 0.4) is 0 Å². The standard InChI is InChI=1S/C21H23N3O3/c1-14-6-3-7-15(2)20(14)23-18(25)13-22-21(27)16-8-4-9-17(12-16)24-11-5-10-19(24)26/h3-4,6-9,12H,5,10-11,13H2,1-2H3,(H,22,27)(H,23,25). The molecule has 0 saturated carbocycles. The Morgan fingerprint density at radius 1 is 1.07 bits per heavy atom. The Morgan fingerprint density at radius 2 is 1.78 bits per heavy atom. The zero-order chi connectivity index (χ0) is 19.4. The van der Waals surface area contributed by atoms with Gasteiger partial charge in [-0.1, -0.05) is 24.3 Å². The van der Waals surface area contributed by atoms with Gasteiger partial charge in [-0.25, -0.2) is 0 Å². The summed E-state index contributed by atoms with van der Waals surface area (Å²) in [5, 5.41) is 5.47. The van der Waals surface area contributed by atoms with Crippen LogP contribution in [-0.2, 0) is 9.59 Å². The van der Waals surface area contributed by atoms with Gasteiger partial charge in [-0.2, -0.15) is 0 Å². The maximum absolute atomic E-state index is 12.4. The number of nitrogens with one attached hydrogen (secondary N) is 2. The molecular weight excluding hydrogens is 342 g/mol. The molecule has 0 radical (unpaired) electrons. The van der Waals surface area contributed by atoms with E-state index in [0.29, 0.717) is 24.2 Å². The van der Waals surface area contributed by atoms with Crippen molar-refractivity contribution in [3.8, 4) is 0 Å². The van der Waals surface area contributed by atoms with Gasteiger partial charge in [0.2, 0.25) is 11.8 Å². The van der Waals surface area contributed by atoms with Crippen molar-refractivity contribution in [1.29, 1.82) is 0 Å². The van der Waals surface area contributed by atoms with Crippen molar-refractivity contribution in [2.24, 2.45) is 0 Å². The van der Waals surface area contributed by atoms with E-state index < -0.39 is 0 Å². The van der Waals surface area contributed by atoms with Gasteiger partial charge in [0.25, 0.3) is 5.91 Å². The molecule has 1 aliphatic rings. The van der Waals surface area contributed by atoms with E-state index in [1.54, 1.807) is 23.1 Å². The van der Waals surface area contributed by atoms with E-state index in [1.807, 2.05) is 38.1 Å². The first-order chi connectivity index (χ1) is 13.0. The number of hydrogen-bond donors (Lipinski definition) is 2. The number of hydrogen-bond acceptors (Lipinski definition) is 3. The molecule has 1 heterocycles. The van der Waals surface area contributed by atoms with Crippen LogP contribution >= 0.6 is 0 Å². The van der Waals surface area contributed by atoms with Gasteiger partial charge in [-0.15, -0.1) is 0 Å². The van der Waals surface area contributed by atoms with Crippen LogP contribution in [-0.4, -0.2) is 30.8 Å². The molecule has 1 fully saturated rings. The fourth-order valence-corrected chi connectivity index (χ4v) is 3.19. The molecule has 3 rings (SSSR count). The summed E-state index contributed by atoms with van der Waals surface area (Å²) in [7, 11) is 0. The molecule has 3 amide bonds. The number of rotatable bonds is 5. The number of nitrogens with zero attached hydrogens (tertiary/aromatic N) is 1. The lowest BCUT2D eigenvalue weighted by Crippen LogP contribution is -2.33. The van der Waals surface area contributed by atoms with Crippen molar-refractivity contribution in [3.05, 3.63) is 59.2 Å². The molecule has 1 aliphatic heterocycles. The van der Waals surface area contributed by atoms with Gasteiger partial charge in [0.15, 0.2) is 0 Å². The van der Waals surface area contributed by atoms with E-state index in [-0.39, 0.29) is 24.3 Å². The number of para-hydroxylation sites is 1. The van der Waals surface area contributed by atoms with Gasteiger partial charge < -0.3 is 15.5 Å². The molecular formula is C21H23N3O3. The van der Waals surface area contributed by atoms with Crippen LogP contribution in [0.25, 0.3) is 0 Å². The molecule has 0 unspecified atom stereocenters. The van der Waals surface area contributed by atoms with E-state index in [0.717, 1.165) is 23.2 Å².